The van der Waals surface area contributed by atoms with Crippen LogP contribution in [0.15, 0.2) is 11.3 Å². The first-order valence-corrected chi connectivity index (χ1v) is 14.5. The third kappa shape index (κ3) is 10.2. The van der Waals surface area contributed by atoms with E-state index in [-0.39, 0.29) is 0 Å². The lowest BCUT2D eigenvalue weighted by atomic mass is 10.2. The van der Waals surface area contributed by atoms with Crippen LogP contribution in [-0.2, 0) is 0 Å². The van der Waals surface area contributed by atoms with E-state index in [2.05, 4.69) is 63.7 Å². The Kier molecular flexibility index (Phi) is 7.96. The van der Waals surface area contributed by atoms with E-state index in [4.69, 9.17) is 0 Å². The van der Waals surface area contributed by atoms with Crippen LogP contribution in [0.2, 0.25) is 39.3 Å². The first kappa shape index (κ1) is 18.7. The summed E-state index contributed by atoms with van der Waals surface area (Å²) in [5, 5.41) is 11.6. The summed E-state index contributed by atoms with van der Waals surface area (Å²) in [4.78, 5) is 0. The fourth-order valence-corrected chi connectivity index (χ4v) is 3.90. The number of aliphatic hydroxyl groups is 1. The van der Waals surface area contributed by atoms with Gasteiger partial charge in [-0.3, -0.25) is 0 Å². The summed E-state index contributed by atoms with van der Waals surface area (Å²) in [5.74, 6) is 3.06. The molecule has 0 heterocycles. The van der Waals surface area contributed by atoms with Crippen molar-refractivity contribution in [2.45, 2.75) is 78.0 Å². The van der Waals surface area contributed by atoms with Crippen LogP contribution in [0.5, 0.6) is 0 Å². The van der Waals surface area contributed by atoms with Crippen LogP contribution in [0.25, 0.3) is 0 Å². The Morgan fingerprint density at radius 1 is 1.16 bits per heavy atom. The van der Waals surface area contributed by atoms with Gasteiger partial charge in [0.05, 0.1) is 8.07 Å². The van der Waals surface area contributed by atoms with Crippen molar-refractivity contribution in [2.24, 2.45) is 0 Å². The number of allylic oxidation sites excluding steroid dienone is 1. The Labute approximate surface area is 122 Å². The minimum absolute atomic E-state index is 0.480. The fraction of sp³-hybridized carbons (Fsp3) is 0.750. The predicted octanol–water partition coefficient (Wildman–Crippen LogP) is 4.61. The topological polar surface area (TPSA) is 20.2 Å². The highest BCUT2D eigenvalue weighted by molar-refractivity contribution is 6.84. The molecule has 0 rings (SSSR count). The summed E-state index contributed by atoms with van der Waals surface area (Å²) in [5.41, 5.74) is 3.27. The van der Waals surface area contributed by atoms with E-state index in [1.54, 1.807) is 0 Å². The molecule has 0 aromatic rings. The number of unbranched alkanes of at least 4 members (excludes halogenated alkanes) is 2. The largest absolute Gasteiger partial charge is 0.380 e. The maximum absolute atomic E-state index is 10.1. The summed E-state index contributed by atoms with van der Waals surface area (Å²) in [7, 11) is -2.71. The third-order valence-corrected chi connectivity index (χ3v) is 6.17. The minimum Gasteiger partial charge on any atom is -0.380 e. The molecule has 1 atom stereocenters. The molecule has 0 aromatic carbocycles. The quantitative estimate of drug-likeness (QED) is 0.431. The molecular weight excluding hydrogens is 264 g/mol. The van der Waals surface area contributed by atoms with Crippen molar-refractivity contribution in [1.82, 2.24) is 0 Å². The maximum Gasteiger partial charge on any atom is 0.129 e. The van der Waals surface area contributed by atoms with Gasteiger partial charge in [-0.05, 0) is 6.42 Å². The molecule has 1 N–H and O–H groups in total. The van der Waals surface area contributed by atoms with Crippen molar-refractivity contribution < 1.29 is 5.11 Å². The molecule has 19 heavy (non-hydrogen) atoms. The zero-order chi connectivity index (χ0) is 15.1. The normalized spacial score (nSPS) is 14.8. The van der Waals surface area contributed by atoms with Gasteiger partial charge in [-0.15, -0.1) is 5.54 Å². The van der Waals surface area contributed by atoms with Crippen LogP contribution in [0.4, 0.5) is 0 Å². The van der Waals surface area contributed by atoms with Gasteiger partial charge in [0.15, 0.2) is 0 Å². The first-order valence-electron chi connectivity index (χ1n) is 7.46. The predicted molar refractivity (Wildman–Crippen MR) is 92.7 cm³/mol. The van der Waals surface area contributed by atoms with Crippen molar-refractivity contribution in [3.8, 4) is 11.5 Å². The molecular formula is C16H32OSi2. The van der Waals surface area contributed by atoms with Gasteiger partial charge >= 0.3 is 0 Å². The second kappa shape index (κ2) is 8.09. The fourth-order valence-electron chi connectivity index (χ4n) is 1.74. The van der Waals surface area contributed by atoms with E-state index in [0.717, 1.165) is 12.8 Å². The molecule has 1 unspecified atom stereocenters. The molecule has 0 saturated heterocycles. The van der Waals surface area contributed by atoms with Crippen LogP contribution in [0, 0.1) is 11.5 Å². The lowest BCUT2D eigenvalue weighted by Gasteiger charge is -2.22. The maximum atomic E-state index is 10.1. The highest BCUT2D eigenvalue weighted by atomic mass is 28.3. The summed E-state index contributed by atoms with van der Waals surface area (Å²) in [6, 6.07) is 0. The van der Waals surface area contributed by atoms with Crippen molar-refractivity contribution in [1.29, 1.82) is 0 Å². The third-order valence-electron chi connectivity index (χ3n) is 2.94. The van der Waals surface area contributed by atoms with Gasteiger partial charge in [-0.1, -0.05) is 76.2 Å². The molecule has 1 nitrogen and oxygen atoms in total. The first-order chi connectivity index (χ1) is 8.56. The number of aliphatic hydroxyl groups excluding tert-OH is 1. The SMILES string of the molecule is CCCC/C=C(/CC(O)C#C[Si](C)(C)C)[Si](C)(C)C. The summed E-state index contributed by atoms with van der Waals surface area (Å²) in [6.45, 7) is 15.9. The number of hydrogen-bond donors (Lipinski definition) is 1. The number of hydrogen-bond acceptors (Lipinski definition) is 1. The van der Waals surface area contributed by atoms with E-state index in [0.29, 0.717) is 0 Å². The molecule has 0 aromatic heterocycles. The Morgan fingerprint density at radius 3 is 2.16 bits per heavy atom. The van der Waals surface area contributed by atoms with Gasteiger partial charge in [0.25, 0.3) is 0 Å². The van der Waals surface area contributed by atoms with Crippen molar-refractivity contribution in [3.05, 3.63) is 11.3 Å². The molecule has 0 aliphatic carbocycles. The van der Waals surface area contributed by atoms with Crippen molar-refractivity contribution in [3.63, 3.8) is 0 Å². The van der Waals surface area contributed by atoms with Gasteiger partial charge in [0.1, 0.15) is 14.2 Å². The standard InChI is InChI=1S/C16H32OSi2/c1-8-9-10-11-16(19(5,6)7)14-15(17)12-13-18(2,3)4/h11,15,17H,8-10,14H2,1-7H3/b16-11-. The Balaban J connectivity index is 4.73. The molecule has 0 fully saturated rings. The molecule has 0 amide bonds. The molecule has 0 aliphatic heterocycles. The minimum atomic E-state index is -1.38. The van der Waals surface area contributed by atoms with E-state index < -0.39 is 22.3 Å². The molecule has 0 radical (unpaired) electrons. The van der Waals surface area contributed by atoms with E-state index in [1.807, 2.05) is 0 Å². The summed E-state index contributed by atoms with van der Waals surface area (Å²) < 4.78 is 0. The Bertz CT molecular complexity index is 348. The second-order valence-corrected chi connectivity index (χ2v) is 17.3. The molecule has 0 saturated carbocycles. The highest BCUT2D eigenvalue weighted by Crippen LogP contribution is 2.21. The monoisotopic (exact) mass is 296 g/mol. The van der Waals surface area contributed by atoms with Crippen LogP contribution in [0.3, 0.4) is 0 Å². The van der Waals surface area contributed by atoms with Gasteiger partial charge in [-0.25, -0.2) is 0 Å². The zero-order valence-corrected chi connectivity index (χ0v) is 15.9. The lowest BCUT2D eigenvalue weighted by Crippen LogP contribution is -2.27. The van der Waals surface area contributed by atoms with Crippen LogP contribution >= 0.6 is 0 Å². The molecule has 0 aliphatic rings. The molecule has 3 heteroatoms. The van der Waals surface area contributed by atoms with Gasteiger partial charge in [0, 0.05) is 6.42 Å². The van der Waals surface area contributed by atoms with Crippen molar-refractivity contribution in [2.75, 3.05) is 0 Å². The van der Waals surface area contributed by atoms with Gasteiger partial charge in [0.2, 0.25) is 0 Å². The number of rotatable bonds is 6. The van der Waals surface area contributed by atoms with Crippen molar-refractivity contribution >= 4 is 16.1 Å². The van der Waals surface area contributed by atoms with E-state index in [1.165, 1.54) is 18.0 Å². The highest BCUT2D eigenvalue weighted by Gasteiger charge is 2.21. The average Bonchev–Trinajstić information content (AvgIpc) is 2.23. The van der Waals surface area contributed by atoms with E-state index >= 15 is 0 Å². The molecule has 0 spiro atoms. The van der Waals surface area contributed by atoms with Gasteiger partial charge < -0.3 is 5.11 Å². The molecule has 110 valence electrons. The van der Waals surface area contributed by atoms with Crippen LogP contribution in [-0.4, -0.2) is 27.4 Å². The summed E-state index contributed by atoms with van der Waals surface area (Å²) in [6.07, 6.45) is 6.25. The lowest BCUT2D eigenvalue weighted by molar-refractivity contribution is 0.234. The Hall–Kier alpha value is -0.306. The Morgan fingerprint density at radius 2 is 1.74 bits per heavy atom. The molecule has 0 bridgehead atoms. The average molecular weight is 297 g/mol. The van der Waals surface area contributed by atoms with Crippen LogP contribution in [0.1, 0.15) is 32.6 Å². The smallest absolute Gasteiger partial charge is 0.129 e. The second-order valence-electron chi connectivity index (χ2n) is 7.36. The zero-order valence-electron chi connectivity index (χ0n) is 13.9. The van der Waals surface area contributed by atoms with Gasteiger partial charge in [-0.2, -0.15) is 0 Å². The summed E-state index contributed by atoms with van der Waals surface area (Å²) >= 11 is 0. The van der Waals surface area contributed by atoms with E-state index in [9.17, 15) is 5.11 Å². The van der Waals surface area contributed by atoms with Crippen LogP contribution < -0.4 is 0 Å².